The Bertz CT molecular complexity index is 338. The van der Waals surface area contributed by atoms with Gasteiger partial charge in [0.2, 0.25) is 0 Å². The lowest BCUT2D eigenvalue weighted by Gasteiger charge is -2.30. The molecule has 0 aliphatic heterocycles. The average Bonchev–Trinajstić information content (AvgIpc) is 2.25. The van der Waals surface area contributed by atoms with Gasteiger partial charge in [-0.25, -0.2) is 0 Å². The molecule has 3 heteroatoms. The Morgan fingerprint density at radius 2 is 1.47 bits per heavy atom. The number of rotatable bonds is 9. The predicted molar refractivity (Wildman–Crippen MR) is 98.4 cm³/mol. The third-order valence-electron chi connectivity index (χ3n) is 3.33. The quantitative estimate of drug-likeness (QED) is 0.392. The van der Waals surface area contributed by atoms with E-state index in [1.54, 1.807) is 5.47 Å². The van der Waals surface area contributed by atoms with E-state index in [1.807, 2.05) is 4.82 Å². The van der Waals surface area contributed by atoms with Gasteiger partial charge in [0, 0.05) is 0 Å². The van der Waals surface area contributed by atoms with Gasteiger partial charge >= 0.3 is 0 Å². The Morgan fingerprint density at radius 3 is 1.74 bits per heavy atom. The van der Waals surface area contributed by atoms with Crippen molar-refractivity contribution in [3.8, 4) is 0 Å². The fourth-order valence-electron chi connectivity index (χ4n) is 2.96. The molecule has 0 spiro atoms. The van der Waals surface area contributed by atoms with Crippen molar-refractivity contribution in [3.05, 3.63) is 48.3 Å². The molecule has 19 heavy (non-hydrogen) atoms. The fourth-order valence-corrected chi connectivity index (χ4v) is 11.2. The maximum Gasteiger partial charge on any atom is 0.177 e. The van der Waals surface area contributed by atoms with E-state index in [4.69, 9.17) is 0 Å². The Kier molecular flexibility index (Phi) is 8.35. The Morgan fingerprint density at radius 1 is 1.00 bits per heavy atom. The lowest BCUT2D eigenvalue weighted by atomic mass is 9.40. The van der Waals surface area contributed by atoms with Crippen LogP contribution < -0.4 is 0 Å². The van der Waals surface area contributed by atoms with E-state index in [0.717, 1.165) is 19.1 Å². The van der Waals surface area contributed by atoms with Crippen molar-refractivity contribution in [2.24, 2.45) is 0 Å². The first kappa shape index (κ1) is 18.5. The lowest BCUT2D eigenvalue weighted by Crippen LogP contribution is -2.36. The topological polar surface area (TPSA) is 0 Å². The van der Waals surface area contributed by atoms with E-state index in [1.165, 1.54) is 0 Å². The van der Waals surface area contributed by atoms with Gasteiger partial charge in [-0.2, -0.15) is 0 Å². The summed E-state index contributed by atoms with van der Waals surface area (Å²) in [6.45, 7) is 24.7. The van der Waals surface area contributed by atoms with Crippen molar-refractivity contribution in [3.63, 3.8) is 0 Å². The molecule has 0 aromatic rings. The molecule has 0 fully saturated rings. The Hall–Kier alpha value is -0.541. The molecule has 0 nitrogen and oxygen atoms in total. The zero-order chi connectivity index (χ0) is 15.1. The van der Waals surface area contributed by atoms with Crippen LogP contribution in [-0.4, -0.2) is 23.6 Å². The normalized spacial score (nSPS) is 12.9. The highest BCUT2D eigenvalue weighted by atomic mass is 28.4. The summed E-state index contributed by atoms with van der Waals surface area (Å²) < 4.78 is 0. The third kappa shape index (κ3) is 5.96. The van der Waals surface area contributed by atoms with Crippen molar-refractivity contribution >= 4 is 23.6 Å². The van der Waals surface area contributed by atoms with Gasteiger partial charge in [0.05, 0.1) is 16.9 Å². The molecule has 1 radical (unpaired) electrons. The standard InChI is InChI=1S/C16H30BSi2/c1-9-12-15(17(13-10-2)14-11-3)16(18(4)5)19(6,7)8/h9-11H,1-3,12-14H2,4-8H3/b16-15+. The molecule has 0 heterocycles. The van der Waals surface area contributed by atoms with E-state index < -0.39 is 16.9 Å². The van der Waals surface area contributed by atoms with Crippen LogP contribution in [0.3, 0.4) is 0 Å². The minimum atomic E-state index is -1.26. The molecule has 0 saturated heterocycles. The molecule has 0 amide bonds. The summed E-state index contributed by atoms with van der Waals surface area (Å²) >= 11 is 0. The smallest absolute Gasteiger partial charge is 0.105 e. The summed E-state index contributed by atoms with van der Waals surface area (Å²) in [6.07, 6.45) is 9.31. The van der Waals surface area contributed by atoms with Crippen LogP contribution in [0.2, 0.25) is 45.4 Å². The van der Waals surface area contributed by atoms with Crippen LogP contribution in [0.25, 0.3) is 0 Å². The van der Waals surface area contributed by atoms with Crippen LogP contribution in [0.15, 0.2) is 48.3 Å². The van der Waals surface area contributed by atoms with Gasteiger partial charge in [-0.1, -0.05) is 63.6 Å². The molecule has 0 aliphatic rings. The molecule has 0 rings (SSSR count). The molecular formula is C16H30BSi2. The van der Waals surface area contributed by atoms with E-state index in [2.05, 4.69) is 70.7 Å². The maximum absolute atomic E-state index is 3.97. The number of allylic oxidation sites excluding steroid dienone is 4. The predicted octanol–water partition coefficient (Wildman–Crippen LogP) is 5.44. The summed E-state index contributed by atoms with van der Waals surface area (Å²) in [5, 5.41) is 0. The molecule has 0 saturated carbocycles. The van der Waals surface area contributed by atoms with Crippen molar-refractivity contribution in [2.45, 2.75) is 51.8 Å². The van der Waals surface area contributed by atoms with Gasteiger partial charge in [-0.05, 0) is 6.42 Å². The van der Waals surface area contributed by atoms with Gasteiger partial charge in [-0.3, -0.25) is 0 Å². The Labute approximate surface area is 124 Å². The zero-order valence-corrected chi connectivity index (χ0v) is 15.6. The second-order valence-electron chi connectivity index (χ2n) is 6.39. The molecule has 0 unspecified atom stereocenters. The number of hydrogen-bond acceptors (Lipinski definition) is 0. The number of hydrogen-bond donors (Lipinski definition) is 0. The summed E-state index contributed by atoms with van der Waals surface area (Å²) in [4.78, 5) is 1.81. The second kappa shape index (κ2) is 8.59. The molecule has 0 aliphatic carbocycles. The third-order valence-corrected chi connectivity index (χ3v) is 10.2. The van der Waals surface area contributed by atoms with Gasteiger partial charge in [0.25, 0.3) is 0 Å². The minimum absolute atomic E-state index is 0.406. The molecular weight excluding hydrogens is 259 g/mol. The van der Waals surface area contributed by atoms with Crippen molar-refractivity contribution in [1.82, 2.24) is 0 Å². The van der Waals surface area contributed by atoms with Gasteiger partial charge in [0.15, 0.2) is 6.71 Å². The summed E-state index contributed by atoms with van der Waals surface area (Å²) in [5.41, 5.74) is 1.65. The maximum atomic E-state index is 3.97. The lowest BCUT2D eigenvalue weighted by molar-refractivity contribution is 1.30. The van der Waals surface area contributed by atoms with Crippen LogP contribution in [0.1, 0.15) is 6.42 Å². The monoisotopic (exact) mass is 289 g/mol. The molecule has 0 aromatic heterocycles. The highest BCUT2D eigenvalue weighted by molar-refractivity contribution is 6.99. The SMILES string of the molecule is C=CCB(CC=C)/C(CC=C)=C(\[Si](C)C)[Si](C)(C)C. The summed E-state index contributed by atoms with van der Waals surface area (Å²) in [6, 6.07) is 0. The average molecular weight is 289 g/mol. The van der Waals surface area contributed by atoms with Crippen molar-refractivity contribution < 1.29 is 0 Å². The summed E-state index contributed by atoms with van der Waals surface area (Å²) in [7, 11) is -1.67. The van der Waals surface area contributed by atoms with Crippen LogP contribution in [0.4, 0.5) is 0 Å². The minimum Gasteiger partial charge on any atom is -0.105 e. The van der Waals surface area contributed by atoms with E-state index >= 15 is 0 Å². The molecule has 105 valence electrons. The fraction of sp³-hybridized carbons (Fsp3) is 0.500. The van der Waals surface area contributed by atoms with Gasteiger partial charge < -0.3 is 0 Å². The molecule has 0 bridgehead atoms. The first-order chi connectivity index (χ1) is 8.79. The van der Waals surface area contributed by atoms with Crippen molar-refractivity contribution in [1.29, 1.82) is 0 Å². The van der Waals surface area contributed by atoms with Crippen LogP contribution in [-0.2, 0) is 0 Å². The molecule has 0 N–H and O–H groups in total. The highest BCUT2D eigenvalue weighted by Gasteiger charge is 2.29. The van der Waals surface area contributed by atoms with Crippen LogP contribution in [0, 0.1) is 0 Å². The largest absolute Gasteiger partial charge is 0.177 e. The first-order valence-electron chi connectivity index (χ1n) is 7.16. The first-order valence-corrected chi connectivity index (χ1v) is 13.2. The van der Waals surface area contributed by atoms with Gasteiger partial charge in [0.1, 0.15) is 0 Å². The summed E-state index contributed by atoms with van der Waals surface area (Å²) in [5.74, 6) is 0. The van der Waals surface area contributed by atoms with Crippen LogP contribution in [0.5, 0.6) is 0 Å². The molecule has 0 aromatic carbocycles. The highest BCUT2D eigenvalue weighted by Crippen LogP contribution is 2.28. The van der Waals surface area contributed by atoms with Gasteiger partial charge in [-0.15, -0.1) is 30.0 Å². The van der Waals surface area contributed by atoms with E-state index in [9.17, 15) is 0 Å². The van der Waals surface area contributed by atoms with E-state index in [0.29, 0.717) is 6.71 Å². The van der Waals surface area contributed by atoms with Crippen molar-refractivity contribution in [2.75, 3.05) is 0 Å². The van der Waals surface area contributed by atoms with Crippen LogP contribution >= 0.6 is 0 Å². The zero-order valence-electron chi connectivity index (χ0n) is 13.6. The Balaban J connectivity index is 5.82. The second-order valence-corrected chi connectivity index (χ2v) is 14.4. The van der Waals surface area contributed by atoms with E-state index in [-0.39, 0.29) is 0 Å². The molecule has 0 atom stereocenters.